The highest BCUT2D eigenvalue weighted by Gasteiger charge is 2.30. The maximum absolute atomic E-state index is 12.2. The minimum atomic E-state index is -0.408. The van der Waals surface area contributed by atoms with Crippen molar-refractivity contribution in [3.63, 3.8) is 0 Å². The van der Waals surface area contributed by atoms with Gasteiger partial charge in [0.05, 0.1) is 5.75 Å². The minimum absolute atomic E-state index is 0.0946. The lowest BCUT2D eigenvalue weighted by molar-refractivity contribution is -0.117. The van der Waals surface area contributed by atoms with E-state index in [2.05, 4.69) is 25.1 Å². The Morgan fingerprint density at radius 2 is 2.00 bits per heavy atom. The Kier molecular flexibility index (Phi) is 4.76. The molecule has 9 heteroatoms. The van der Waals surface area contributed by atoms with E-state index >= 15 is 0 Å². The molecule has 3 aromatic heterocycles. The van der Waals surface area contributed by atoms with Gasteiger partial charge in [0.25, 0.3) is 5.91 Å². The molecule has 1 aliphatic carbocycles. The molecule has 0 aromatic carbocycles. The number of thioether (sulfide) groups is 1. The lowest BCUT2D eigenvalue weighted by Crippen LogP contribution is -2.33. The van der Waals surface area contributed by atoms with Crippen LogP contribution in [0.15, 0.2) is 48.0 Å². The van der Waals surface area contributed by atoms with Crippen LogP contribution in [0.25, 0.3) is 11.4 Å². The third-order valence-corrected chi connectivity index (χ3v) is 5.22. The van der Waals surface area contributed by atoms with Crippen LogP contribution >= 0.6 is 11.8 Å². The predicted molar refractivity (Wildman–Crippen MR) is 100 cm³/mol. The zero-order valence-corrected chi connectivity index (χ0v) is 15.5. The summed E-state index contributed by atoms with van der Waals surface area (Å²) in [6, 6.07) is 7.57. The first-order chi connectivity index (χ1) is 13.1. The molecule has 1 saturated carbocycles. The lowest BCUT2D eigenvalue weighted by atomic mass is 10.2. The number of carbonyl (C=O) groups is 2. The maximum atomic E-state index is 12.2. The van der Waals surface area contributed by atoms with Gasteiger partial charge in [-0.05, 0) is 37.1 Å². The summed E-state index contributed by atoms with van der Waals surface area (Å²) in [6.45, 7) is 0. The fourth-order valence-corrected chi connectivity index (χ4v) is 3.59. The van der Waals surface area contributed by atoms with Crippen molar-refractivity contribution in [2.24, 2.45) is 7.05 Å². The second-order valence-corrected chi connectivity index (χ2v) is 7.26. The van der Waals surface area contributed by atoms with E-state index in [4.69, 9.17) is 0 Å². The van der Waals surface area contributed by atoms with Crippen LogP contribution in [0.3, 0.4) is 0 Å². The predicted octanol–water partition coefficient (Wildman–Crippen LogP) is 2.06. The fourth-order valence-electron chi connectivity index (χ4n) is 2.79. The van der Waals surface area contributed by atoms with Gasteiger partial charge in [-0.25, -0.2) is 0 Å². The van der Waals surface area contributed by atoms with Gasteiger partial charge in [-0.1, -0.05) is 11.8 Å². The summed E-state index contributed by atoms with van der Waals surface area (Å²) in [5.41, 5.74) is 1.38. The van der Waals surface area contributed by atoms with Crippen LogP contribution in [-0.4, -0.2) is 41.9 Å². The number of carbonyl (C=O) groups excluding carboxylic acids is 2. The van der Waals surface area contributed by atoms with Crippen molar-refractivity contribution in [2.75, 3.05) is 5.75 Å². The number of hydrogen-bond donors (Lipinski definition) is 1. The average Bonchev–Trinajstić information content (AvgIpc) is 3.27. The number of aromatic nitrogens is 5. The number of imide groups is 1. The van der Waals surface area contributed by atoms with E-state index in [9.17, 15) is 9.59 Å². The van der Waals surface area contributed by atoms with Crippen LogP contribution in [0.4, 0.5) is 0 Å². The van der Waals surface area contributed by atoms with Gasteiger partial charge in [-0.2, -0.15) is 0 Å². The van der Waals surface area contributed by atoms with E-state index in [1.54, 1.807) is 42.3 Å². The van der Waals surface area contributed by atoms with E-state index in [0.717, 1.165) is 24.2 Å². The van der Waals surface area contributed by atoms with Gasteiger partial charge in [0.1, 0.15) is 5.69 Å². The molecule has 0 spiro atoms. The Balaban J connectivity index is 1.44. The largest absolute Gasteiger partial charge is 0.347 e. The van der Waals surface area contributed by atoms with Crippen LogP contribution in [0.2, 0.25) is 0 Å². The minimum Gasteiger partial charge on any atom is -0.347 e. The molecule has 1 aliphatic rings. The second kappa shape index (κ2) is 7.36. The summed E-state index contributed by atoms with van der Waals surface area (Å²) >= 11 is 1.29. The zero-order valence-electron chi connectivity index (χ0n) is 14.7. The van der Waals surface area contributed by atoms with Gasteiger partial charge >= 0.3 is 0 Å². The topological polar surface area (TPSA) is 94.7 Å². The molecule has 3 aromatic rings. The number of hydrogen-bond acceptors (Lipinski definition) is 6. The van der Waals surface area contributed by atoms with Crippen LogP contribution < -0.4 is 5.32 Å². The van der Waals surface area contributed by atoms with E-state index in [-0.39, 0.29) is 11.7 Å². The van der Waals surface area contributed by atoms with Crippen LogP contribution in [0, 0.1) is 0 Å². The first-order valence-corrected chi connectivity index (χ1v) is 9.55. The number of nitrogens with one attached hydrogen (secondary N) is 1. The normalized spacial score (nSPS) is 13.5. The van der Waals surface area contributed by atoms with Gasteiger partial charge in [0.15, 0.2) is 11.0 Å². The third-order valence-electron chi connectivity index (χ3n) is 4.28. The number of rotatable bonds is 6. The Labute approximate surface area is 160 Å². The van der Waals surface area contributed by atoms with Gasteiger partial charge in [0, 0.05) is 37.2 Å². The molecule has 1 fully saturated rings. The monoisotopic (exact) mass is 382 g/mol. The molecule has 138 valence electrons. The van der Waals surface area contributed by atoms with E-state index in [0.29, 0.717) is 16.9 Å². The molecule has 4 rings (SSSR count). The SMILES string of the molecule is Cn1cccc1C(=O)NC(=O)CSc1nnc(-c2ccncc2)n1C1CC1. The Morgan fingerprint density at radius 3 is 2.67 bits per heavy atom. The van der Waals surface area contributed by atoms with E-state index in [1.165, 1.54) is 11.8 Å². The summed E-state index contributed by atoms with van der Waals surface area (Å²) in [5.74, 6) is 0.108. The molecule has 2 amide bonds. The zero-order chi connectivity index (χ0) is 18.8. The van der Waals surface area contributed by atoms with Gasteiger partial charge < -0.3 is 4.57 Å². The Hall–Kier alpha value is -2.94. The summed E-state index contributed by atoms with van der Waals surface area (Å²) in [4.78, 5) is 28.3. The number of amides is 2. The number of pyridine rings is 1. The summed E-state index contributed by atoms with van der Waals surface area (Å²) in [6.07, 6.45) is 7.34. The van der Waals surface area contributed by atoms with Crippen LogP contribution in [0.1, 0.15) is 29.4 Å². The standard InChI is InChI=1S/C18H18N6O2S/c1-23-10-2-3-14(23)17(26)20-15(25)11-27-18-22-21-16(24(18)13-4-5-13)12-6-8-19-9-7-12/h2-3,6-10,13H,4-5,11H2,1H3,(H,20,25,26). The molecule has 0 atom stereocenters. The summed E-state index contributed by atoms with van der Waals surface area (Å²) < 4.78 is 3.74. The summed E-state index contributed by atoms with van der Waals surface area (Å²) in [5, 5.41) is 11.7. The first kappa shape index (κ1) is 17.5. The van der Waals surface area contributed by atoms with Crippen LogP contribution in [-0.2, 0) is 11.8 Å². The van der Waals surface area contributed by atoms with E-state index < -0.39 is 5.91 Å². The fraction of sp³-hybridized carbons (Fsp3) is 0.278. The molecular weight excluding hydrogens is 364 g/mol. The highest BCUT2D eigenvalue weighted by Crippen LogP contribution is 2.40. The van der Waals surface area contributed by atoms with Crippen molar-refractivity contribution in [1.82, 2.24) is 29.6 Å². The smallest absolute Gasteiger partial charge is 0.274 e. The average molecular weight is 382 g/mol. The van der Waals surface area contributed by atoms with Crippen molar-refractivity contribution < 1.29 is 9.59 Å². The molecule has 0 saturated heterocycles. The van der Waals surface area contributed by atoms with Gasteiger partial charge in [-0.3, -0.25) is 24.5 Å². The number of aryl methyl sites for hydroxylation is 1. The van der Waals surface area contributed by atoms with Crippen molar-refractivity contribution in [3.05, 3.63) is 48.5 Å². The maximum Gasteiger partial charge on any atom is 0.274 e. The Bertz CT molecular complexity index is 977. The lowest BCUT2D eigenvalue weighted by Gasteiger charge is -2.09. The molecular formula is C18H18N6O2S. The third kappa shape index (κ3) is 3.77. The molecule has 0 aliphatic heterocycles. The summed E-state index contributed by atoms with van der Waals surface area (Å²) in [7, 11) is 1.76. The van der Waals surface area contributed by atoms with Crippen molar-refractivity contribution >= 4 is 23.6 Å². The molecule has 0 radical (unpaired) electrons. The molecule has 0 bridgehead atoms. The van der Waals surface area contributed by atoms with Crippen molar-refractivity contribution in [2.45, 2.75) is 24.0 Å². The second-order valence-electron chi connectivity index (χ2n) is 6.31. The molecule has 3 heterocycles. The first-order valence-electron chi connectivity index (χ1n) is 8.57. The van der Waals surface area contributed by atoms with E-state index in [1.807, 2.05) is 12.1 Å². The van der Waals surface area contributed by atoms with Crippen molar-refractivity contribution in [1.29, 1.82) is 0 Å². The molecule has 1 N–H and O–H groups in total. The molecule has 27 heavy (non-hydrogen) atoms. The van der Waals surface area contributed by atoms with Gasteiger partial charge in [0.2, 0.25) is 5.91 Å². The van der Waals surface area contributed by atoms with Gasteiger partial charge in [-0.15, -0.1) is 10.2 Å². The Morgan fingerprint density at radius 1 is 1.22 bits per heavy atom. The highest BCUT2D eigenvalue weighted by atomic mass is 32.2. The molecule has 0 unspecified atom stereocenters. The quantitative estimate of drug-likeness (QED) is 0.656. The highest BCUT2D eigenvalue weighted by molar-refractivity contribution is 7.99. The number of nitrogens with zero attached hydrogens (tertiary/aromatic N) is 5. The van der Waals surface area contributed by atoms with Crippen molar-refractivity contribution in [3.8, 4) is 11.4 Å². The molecule has 8 nitrogen and oxygen atoms in total. The van der Waals surface area contributed by atoms with Crippen LogP contribution in [0.5, 0.6) is 0 Å².